The molecule has 0 saturated heterocycles. The Balaban J connectivity index is 1.94. The molecule has 0 bridgehead atoms. The third kappa shape index (κ3) is 3.91. The Bertz CT molecular complexity index is 1150. The second kappa shape index (κ2) is 7.90. The van der Waals surface area contributed by atoms with Gasteiger partial charge in [-0.3, -0.25) is 14.2 Å². The number of anilines is 1. The molecule has 0 unspecified atom stereocenters. The van der Waals surface area contributed by atoms with Crippen molar-refractivity contribution in [2.24, 2.45) is 0 Å². The van der Waals surface area contributed by atoms with Crippen LogP contribution in [-0.4, -0.2) is 28.0 Å². The van der Waals surface area contributed by atoms with Crippen LogP contribution in [0.5, 0.6) is 0 Å². The number of carbonyl (C=O) groups is 2. The molecule has 0 spiro atoms. The molecule has 2 heterocycles. The first-order chi connectivity index (χ1) is 13.7. The predicted molar refractivity (Wildman–Crippen MR) is 108 cm³/mol. The molecule has 152 valence electrons. The van der Waals surface area contributed by atoms with Gasteiger partial charge in [-0.2, -0.15) is 0 Å². The summed E-state index contributed by atoms with van der Waals surface area (Å²) < 4.78 is 11.6. The fourth-order valence-corrected chi connectivity index (χ4v) is 3.41. The Morgan fingerprint density at radius 2 is 1.83 bits per heavy atom. The minimum absolute atomic E-state index is 0.0129. The monoisotopic (exact) mass is 397 g/mol. The van der Waals surface area contributed by atoms with E-state index in [9.17, 15) is 14.4 Å². The van der Waals surface area contributed by atoms with Gasteiger partial charge < -0.3 is 14.5 Å². The average molecular weight is 397 g/mol. The molecule has 0 atom stereocenters. The zero-order valence-corrected chi connectivity index (χ0v) is 17.1. The molecule has 8 nitrogen and oxygen atoms in total. The van der Waals surface area contributed by atoms with Crippen LogP contribution in [0.3, 0.4) is 0 Å². The van der Waals surface area contributed by atoms with Gasteiger partial charge in [-0.15, -0.1) is 0 Å². The van der Waals surface area contributed by atoms with Gasteiger partial charge in [0, 0.05) is 5.69 Å². The number of aryl methyl sites for hydroxylation is 4. The Morgan fingerprint density at radius 1 is 1.17 bits per heavy atom. The molecule has 8 heteroatoms. The number of benzene rings is 1. The highest BCUT2D eigenvalue weighted by Gasteiger charge is 2.24. The minimum atomic E-state index is -0.657. The maximum Gasteiger partial charge on any atom is 0.342 e. The highest BCUT2D eigenvalue weighted by molar-refractivity contribution is 6.03. The van der Waals surface area contributed by atoms with Crippen molar-refractivity contribution in [3.8, 4) is 0 Å². The lowest BCUT2D eigenvalue weighted by atomic mass is 10.1. The van der Waals surface area contributed by atoms with E-state index in [2.05, 4.69) is 10.3 Å². The molecule has 3 aromatic rings. The number of nitrogens with zero attached hydrogens (tertiary/aromatic N) is 2. The lowest BCUT2D eigenvalue weighted by molar-refractivity contribution is -0.116. The van der Waals surface area contributed by atoms with E-state index in [1.165, 1.54) is 6.33 Å². The number of rotatable bonds is 5. The van der Waals surface area contributed by atoms with E-state index in [4.69, 9.17) is 9.15 Å². The molecule has 1 aromatic carbocycles. The number of ether oxygens (including phenoxy) is 1. The van der Waals surface area contributed by atoms with Crippen molar-refractivity contribution in [2.75, 3.05) is 11.9 Å². The van der Waals surface area contributed by atoms with Gasteiger partial charge >= 0.3 is 5.97 Å². The molecular weight excluding hydrogens is 374 g/mol. The first kappa shape index (κ1) is 20.3. The van der Waals surface area contributed by atoms with Gasteiger partial charge in [0.1, 0.15) is 29.6 Å². The highest BCUT2D eigenvalue weighted by atomic mass is 16.5. The second-order valence-electron chi connectivity index (χ2n) is 6.93. The SMILES string of the molecule is CCOC(=O)c1c(C)oc2ncn(CC(=O)Nc3c(C)cc(C)cc3C)c(=O)c12. The molecule has 0 saturated carbocycles. The molecular formula is C21H23N3O5. The summed E-state index contributed by atoms with van der Waals surface area (Å²) in [4.78, 5) is 41.8. The number of esters is 1. The van der Waals surface area contributed by atoms with Crippen LogP contribution in [0.2, 0.25) is 0 Å². The Hall–Kier alpha value is -3.42. The lowest BCUT2D eigenvalue weighted by Crippen LogP contribution is -2.28. The van der Waals surface area contributed by atoms with Crippen LogP contribution in [-0.2, 0) is 16.1 Å². The lowest BCUT2D eigenvalue weighted by Gasteiger charge is -2.13. The number of amides is 1. The molecule has 0 aliphatic heterocycles. The van der Waals surface area contributed by atoms with Gasteiger partial charge in [0.05, 0.1) is 6.61 Å². The van der Waals surface area contributed by atoms with Crippen molar-refractivity contribution < 1.29 is 18.7 Å². The smallest absolute Gasteiger partial charge is 0.342 e. The molecule has 1 N–H and O–H groups in total. The average Bonchev–Trinajstić information content (AvgIpc) is 2.97. The fraction of sp³-hybridized carbons (Fsp3) is 0.333. The normalized spacial score (nSPS) is 10.9. The van der Waals surface area contributed by atoms with Crippen molar-refractivity contribution in [3.05, 3.63) is 56.8 Å². The molecule has 29 heavy (non-hydrogen) atoms. The van der Waals surface area contributed by atoms with E-state index < -0.39 is 11.5 Å². The maximum absolute atomic E-state index is 12.9. The number of furan rings is 1. The molecule has 3 rings (SSSR count). The van der Waals surface area contributed by atoms with E-state index in [0.29, 0.717) is 5.69 Å². The zero-order valence-electron chi connectivity index (χ0n) is 17.1. The summed E-state index contributed by atoms with van der Waals surface area (Å²) in [6.07, 6.45) is 1.23. The summed E-state index contributed by atoms with van der Waals surface area (Å²) in [6, 6.07) is 3.95. The zero-order chi connectivity index (χ0) is 21.3. The van der Waals surface area contributed by atoms with Crippen LogP contribution in [0.25, 0.3) is 11.1 Å². The van der Waals surface area contributed by atoms with Gasteiger partial charge in [0.15, 0.2) is 0 Å². The maximum atomic E-state index is 12.9. The van der Waals surface area contributed by atoms with Crippen molar-refractivity contribution in [2.45, 2.75) is 41.2 Å². The summed E-state index contributed by atoms with van der Waals surface area (Å²) >= 11 is 0. The standard InChI is InChI=1S/C21H23N3O5/c1-6-28-21(27)16-14(5)29-19-17(16)20(26)24(10-22-19)9-15(25)23-18-12(3)7-11(2)8-13(18)4/h7-8,10H,6,9H2,1-5H3,(H,23,25). The van der Waals surface area contributed by atoms with Crippen molar-refractivity contribution >= 4 is 28.7 Å². The quantitative estimate of drug-likeness (QED) is 0.664. The summed E-state index contributed by atoms with van der Waals surface area (Å²) in [5.74, 6) is -0.784. The number of hydrogen-bond acceptors (Lipinski definition) is 6. The topological polar surface area (TPSA) is 103 Å². The van der Waals surface area contributed by atoms with Gasteiger partial charge in [-0.1, -0.05) is 17.7 Å². The van der Waals surface area contributed by atoms with Crippen LogP contribution < -0.4 is 10.9 Å². The van der Waals surface area contributed by atoms with Crippen molar-refractivity contribution in [1.82, 2.24) is 9.55 Å². The molecule has 0 aliphatic rings. The first-order valence-corrected chi connectivity index (χ1v) is 9.26. The van der Waals surface area contributed by atoms with Crippen LogP contribution in [0.4, 0.5) is 5.69 Å². The molecule has 0 fully saturated rings. The first-order valence-electron chi connectivity index (χ1n) is 9.26. The highest BCUT2D eigenvalue weighted by Crippen LogP contribution is 2.23. The fourth-order valence-electron chi connectivity index (χ4n) is 3.41. The largest absolute Gasteiger partial charge is 0.462 e. The second-order valence-corrected chi connectivity index (χ2v) is 6.93. The van der Waals surface area contributed by atoms with Gasteiger partial charge in [0.25, 0.3) is 5.56 Å². The molecule has 2 aromatic heterocycles. The third-order valence-corrected chi connectivity index (χ3v) is 4.59. The third-order valence-electron chi connectivity index (χ3n) is 4.59. The molecule has 0 radical (unpaired) electrons. The van der Waals surface area contributed by atoms with E-state index >= 15 is 0 Å². The van der Waals surface area contributed by atoms with Crippen LogP contribution >= 0.6 is 0 Å². The number of fused-ring (bicyclic) bond motifs is 1. The van der Waals surface area contributed by atoms with E-state index in [0.717, 1.165) is 21.3 Å². The minimum Gasteiger partial charge on any atom is -0.462 e. The number of nitrogens with one attached hydrogen (secondary N) is 1. The van der Waals surface area contributed by atoms with Crippen LogP contribution in [0, 0.1) is 27.7 Å². The Labute approximate surface area is 167 Å². The van der Waals surface area contributed by atoms with E-state index in [1.54, 1.807) is 13.8 Å². The molecule has 0 aliphatic carbocycles. The Kier molecular flexibility index (Phi) is 5.54. The number of carbonyl (C=O) groups excluding carboxylic acids is 2. The summed E-state index contributed by atoms with van der Waals surface area (Å²) in [5.41, 5.74) is 3.23. The van der Waals surface area contributed by atoms with Gasteiger partial charge in [-0.05, 0) is 45.7 Å². The van der Waals surface area contributed by atoms with Crippen molar-refractivity contribution in [3.63, 3.8) is 0 Å². The summed E-state index contributed by atoms with van der Waals surface area (Å²) in [7, 11) is 0. The summed E-state index contributed by atoms with van der Waals surface area (Å²) in [6.45, 7) is 8.96. The van der Waals surface area contributed by atoms with Crippen LogP contribution in [0.1, 0.15) is 39.7 Å². The summed E-state index contributed by atoms with van der Waals surface area (Å²) in [5, 5.41) is 2.86. The van der Waals surface area contributed by atoms with E-state index in [-0.39, 0.29) is 41.5 Å². The van der Waals surface area contributed by atoms with E-state index in [1.807, 2.05) is 32.9 Å². The van der Waals surface area contributed by atoms with Gasteiger partial charge in [0.2, 0.25) is 11.6 Å². The Morgan fingerprint density at radius 3 is 2.45 bits per heavy atom. The predicted octanol–water partition coefficient (Wildman–Crippen LogP) is 3.04. The van der Waals surface area contributed by atoms with Crippen molar-refractivity contribution in [1.29, 1.82) is 0 Å². The van der Waals surface area contributed by atoms with Crippen LogP contribution in [0.15, 0.2) is 27.7 Å². The number of hydrogen-bond donors (Lipinski definition) is 1. The number of aromatic nitrogens is 2. The van der Waals surface area contributed by atoms with Gasteiger partial charge in [-0.25, -0.2) is 9.78 Å². The molecule has 1 amide bonds.